The van der Waals surface area contributed by atoms with Crippen LogP contribution < -0.4 is 43.4 Å². The maximum absolute atomic E-state index is 11.5. The Kier molecular flexibility index (Phi) is 26.6. The number of hydrogen-bond acceptors (Lipinski definition) is 12. The van der Waals surface area contributed by atoms with Crippen LogP contribution in [0.4, 0.5) is 0 Å². The molecule has 11 aromatic rings. The summed E-state index contributed by atoms with van der Waals surface area (Å²) in [6.07, 6.45) is 1.64. The van der Waals surface area contributed by atoms with Gasteiger partial charge in [-0.25, -0.2) is 0 Å². The maximum atomic E-state index is 11.5. The molecular weight excluding hydrogens is 1550 g/mol. The monoisotopic (exact) mass is 1610 g/mol. The standard InChI is InChI=1S/2C26H22O4.C10H6I2.C8H11BO4.BBr3/c2*1-28-23-12-10-18(14-20(23)16-27)21-8-4-6-17-7-5-9-22(26(17)21)19-11-13-24(29-2)25(15-19)30-3;11-8-5-1-3-7-4-2-6-9(12)10(7)8;1-12-7-4-3-6(9(10)11)5-8(7)13-2;2-1(3)4/h2*4-16H,1-3H3;1-6H;3-5,10-11H,1-2H3;. The van der Waals surface area contributed by atoms with E-state index < -0.39 is 7.12 Å². The fraction of sp³-hybridized carbons (Fsp3) is 0.114. The van der Waals surface area contributed by atoms with Crippen molar-refractivity contribution in [1.82, 2.24) is 0 Å². The zero-order valence-electron chi connectivity index (χ0n) is 49.7. The largest absolute Gasteiger partial charge is 0.496 e. The van der Waals surface area contributed by atoms with Crippen LogP contribution in [0.3, 0.4) is 0 Å². The van der Waals surface area contributed by atoms with Crippen LogP contribution in [-0.4, -0.2) is 89.8 Å². The molecule has 0 aliphatic rings. The van der Waals surface area contributed by atoms with E-state index in [0.29, 0.717) is 62.6 Å². The number of carbonyl (C=O) groups excluding carboxylic acids is 2. The van der Waals surface area contributed by atoms with Gasteiger partial charge >= 0.3 is 10.3 Å². The second kappa shape index (κ2) is 34.2. The van der Waals surface area contributed by atoms with Crippen molar-refractivity contribution in [3.8, 4) is 90.5 Å². The SMILES string of the molecule is BrB(Br)Br.COc1ccc(-c2cccc3cccc(-c4ccc(OC)c(OC)c4)c23)cc1C=O.COc1ccc(-c2cccc3cccc(-c4ccc(OC)c(OC)c4)c23)cc1C=O.COc1ccc(B(O)O)cc1OC.Ic1cccc2cccc(I)c12. The van der Waals surface area contributed by atoms with Gasteiger partial charge in [-0.3, -0.25) is 9.59 Å². The second-order valence-electron chi connectivity index (χ2n) is 19.0. The van der Waals surface area contributed by atoms with Crippen molar-refractivity contribution in [3.05, 3.63) is 218 Å². The molecule has 0 aromatic heterocycles. The molecule has 89 heavy (non-hydrogen) atoms. The van der Waals surface area contributed by atoms with Gasteiger partial charge in [-0.05, 0) is 195 Å². The van der Waals surface area contributed by atoms with Crippen LogP contribution >= 0.6 is 92.5 Å². The molecule has 0 aliphatic carbocycles. The zero-order chi connectivity index (χ0) is 64.1. The third-order valence-electron chi connectivity index (χ3n) is 14.0. The van der Waals surface area contributed by atoms with Gasteiger partial charge in [-0.15, -0.1) is 47.3 Å². The van der Waals surface area contributed by atoms with Gasteiger partial charge in [0.2, 0.25) is 0 Å². The number of carbonyl (C=O) groups is 2. The lowest BCUT2D eigenvalue weighted by atomic mass is 9.80. The van der Waals surface area contributed by atoms with Crippen LogP contribution in [0.25, 0.3) is 76.8 Å². The highest BCUT2D eigenvalue weighted by molar-refractivity contribution is 14.1. The van der Waals surface area contributed by atoms with Gasteiger partial charge in [0.05, 0.1) is 68.0 Å². The molecule has 0 saturated heterocycles. The number of methoxy groups -OCH3 is 8. The van der Waals surface area contributed by atoms with E-state index in [-0.39, 0.29) is 3.18 Å². The summed E-state index contributed by atoms with van der Waals surface area (Å²) in [5.41, 5.74) is 9.62. The number of halogens is 5. The van der Waals surface area contributed by atoms with Gasteiger partial charge in [-0.2, -0.15) is 0 Å². The van der Waals surface area contributed by atoms with Crippen molar-refractivity contribution in [2.45, 2.75) is 0 Å². The van der Waals surface area contributed by atoms with E-state index in [1.165, 1.54) is 38.2 Å². The van der Waals surface area contributed by atoms with E-state index >= 15 is 0 Å². The van der Waals surface area contributed by atoms with Crippen LogP contribution in [-0.2, 0) is 0 Å². The molecule has 0 aliphatic heterocycles. The molecule has 0 fully saturated rings. The highest BCUT2D eigenvalue weighted by atomic mass is 127. The Morgan fingerprint density at radius 1 is 0.337 bits per heavy atom. The molecule has 454 valence electrons. The molecular formula is C70H61B2Br3I2O12. The predicted octanol–water partition coefficient (Wildman–Crippen LogP) is 17.6. The summed E-state index contributed by atoms with van der Waals surface area (Å²) in [5.74, 6) is 4.90. The molecule has 0 heterocycles. The Morgan fingerprint density at radius 3 is 0.899 bits per heavy atom. The summed E-state index contributed by atoms with van der Waals surface area (Å²) in [5, 5.41) is 24.9. The topological polar surface area (TPSA) is 148 Å². The molecule has 0 spiro atoms. The van der Waals surface area contributed by atoms with Gasteiger partial charge in [-0.1, -0.05) is 127 Å². The minimum atomic E-state index is -1.49. The molecule has 19 heteroatoms. The maximum Gasteiger partial charge on any atom is 0.488 e. The molecule has 11 aromatic carbocycles. The van der Waals surface area contributed by atoms with Gasteiger partial charge in [0.15, 0.2) is 47.1 Å². The van der Waals surface area contributed by atoms with E-state index in [0.717, 1.165) is 78.6 Å². The van der Waals surface area contributed by atoms with Crippen molar-refractivity contribution >= 4 is 153 Å². The summed E-state index contributed by atoms with van der Waals surface area (Å²) in [7, 11) is 11.2. The normalized spacial score (nSPS) is 10.3. The average molecular weight is 1610 g/mol. The first-order valence-corrected chi connectivity index (χ1v) is 32.1. The van der Waals surface area contributed by atoms with Crippen LogP contribution in [0.5, 0.6) is 46.0 Å². The van der Waals surface area contributed by atoms with Crippen molar-refractivity contribution in [2.24, 2.45) is 0 Å². The number of aldehydes is 2. The lowest BCUT2D eigenvalue weighted by Gasteiger charge is -2.15. The Bertz CT molecular complexity index is 3990. The first-order valence-electron chi connectivity index (χ1n) is 27.2. The smallest absolute Gasteiger partial charge is 0.488 e. The molecule has 0 saturated carbocycles. The summed E-state index contributed by atoms with van der Waals surface area (Å²) >= 11 is 14.1. The van der Waals surface area contributed by atoms with E-state index in [1.54, 1.807) is 54.8 Å². The van der Waals surface area contributed by atoms with Crippen molar-refractivity contribution in [1.29, 1.82) is 0 Å². The van der Waals surface area contributed by atoms with Gasteiger partial charge in [0.1, 0.15) is 11.5 Å². The molecule has 0 atom stereocenters. The van der Waals surface area contributed by atoms with Crippen LogP contribution in [0.1, 0.15) is 20.7 Å². The zero-order valence-corrected chi connectivity index (χ0v) is 58.8. The Hall–Kier alpha value is -7.11. The third-order valence-corrected chi connectivity index (χ3v) is 15.8. The lowest BCUT2D eigenvalue weighted by Crippen LogP contribution is -2.29. The number of rotatable bonds is 15. The highest BCUT2D eigenvalue weighted by Gasteiger charge is 2.18. The van der Waals surface area contributed by atoms with Crippen LogP contribution in [0.2, 0.25) is 0 Å². The first kappa shape index (κ1) is 69.4. The predicted molar refractivity (Wildman–Crippen MR) is 391 cm³/mol. The van der Waals surface area contributed by atoms with Crippen molar-refractivity contribution in [2.75, 3.05) is 56.9 Å². The molecule has 12 nitrogen and oxygen atoms in total. The van der Waals surface area contributed by atoms with E-state index in [1.807, 2.05) is 97.1 Å². The molecule has 11 rings (SSSR count). The minimum Gasteiger partial charge on any atom is -0.496 e. The molecule has 2 N–H and O–H groups in total. The number of ether oxygens (including phenoxy) is 8. The summed E-state index contributed by atoms with van der Waals surface area (Å²) in [6.45, 7) is 0. The summed E-state index contributed by atoms with van der Waals surface area (Å²) in [6, 6.07) is 65.5. The van der Waals surface area contributed by atoms with Gasteiger partial charge < -0.3 is 47.9 Å². The Morgan fingerprint density at radius 2 is 0.607 bits per heavy atom. The number of fused-ring (bicyclic) bond motifs is 3. The van der Waals surface area contributed by atoms with Crippen molar-refractivity contribution in [3.63, 3.8) is 0 Å². The second-order valence-corrected chi connectivity index (χ2v) is 27.8. The summed E-state index contributed by atoms with van der Waals surface area (Å²) < 4.78 is 45.3. The number of hydrogen-bond donors (Lipinski definition) is 2. The summed E-state index contributed by atoms with van der Waals surface area (Å²) in [4.78, 5) is 23.1. The van der Waals surface area contributed by atoms with Gasteiger partial charge in [0, 0.05) is 12.5 Å². The van der Waals surface area contributed by atoms with Gasteiger partial charge in [0.25, 0.3) is 0 Å². The quantitative estimate of drug-likeness (QED) is 0.0572. The van der Waals surface area contributed by atoms with Crippen LogP contribution in [0, 0.1) is 7.14 Å². The first-order chi connectivity index (χ1) is 43.1. The molecule has 0 amide bonds. The third kappa shape index (κ3) is 17.4. The number of benzene rings is 11. The average Bonchev–Trinajstić information content (AvgIpc) is 1.43. The van der Waals surface area contributed by atoms with Crippen molar-refractivity contribution < 1.29 is 57.5 Å². The van der Waals surface area contributed by atoms with E-state index in [2.05, 4.69) is 177 Å². The molecule has 0 radical (unpaired) electrons. The Balaban J connectivity index is 0.000000177. The minimum absolute atomic E-state index is 0.271. The van der Waals surface area contributed by atoms with E-state index in [4.69, 9.17) is 47.9 Å². The molecule has 0 bridgehead atoms. The fourth-order valence-electron chi connectivity index (χ4n) is 9.90. The highest BCUT2D eigenvalue weighted by Crippen LogP contribution is 2.42. The molecule has 0 unspecified atom stereocenters. The fourth-order valence-corrected chi connectivity index (χ4v) is 12.0. The Labute approximate surface area is 571 Å². The lowest BCUT2D eigenvalue weighted by molar-refractivity contribution is 0.111. The van der Waals surface area contributed by atoms with E-state index in [9.17, 15) is 9.59 Å². The van der Waals surface area contributed by atoms with Crippen LogP contribution in [0.15, 0.2) is 200 Å².